The molecule has 0 saturated carbocycles. The molecule has 0 saturated heterocycles. The summed E-state index contributed by atoms with van der Waals surface area (Å²) < 4.78 is 24.5. The van der Waals surface area contributed by atoms with Gasteiger partial charge in [0.2, 0.25) is 0 Å². The lowest BCUT2D eigenvalue weighted by molar-refractivity contribution is 0.0213. The van der Waals surface area contributed by atoms with Gasteiger partial charge in [-0.25, -0.2) is 8.78 Å². The van der Waals surface area contributed by atoms with E-state index in [2.05, 4.69) is 4.98 Å². The van der Waals surface area contributed by atoms with Crippen LogP contribution in [0.1, 0.15) is 11.8 Å². The molecule has 0 aromatic carbocycles. The van der Waals surface area contributed by atoms with Crippen LogP contribution in [0, 0.1) is 0 Å². The molecule has 4 heteroatoms. The highest BCUT2D eigenvalue weighted by Crippen LogP contribution is 2.28. The van der Waals surface area contributed by atoms with E-state index < -0.39 is 5.92 Å². The van der Waals surface area contributed by atoms with E-state index in [1.807, 2.05) is 0 Å². The maximum absolute atomic E-state index is 12.3. The molecule has 1 rings (SSSR count). The van der Waals surface area contributed by atoms with Gasteiger partial charge < -0.3 is 0 Å². The second-order valence-corrected chi connectivity index (χ2v) is 2.64. The summed E-state index contributed by atoms with van der Waals surface area (Å²) in [5.74, 6) is -2.72. The monoisotopic (exact) mass is 149 g/mol. The lowest BCUT2D eigenvalue weighted by atomic mass is 10.3. The second-order valence-electron chi connectivity index (χ2n) is 1.75. The highest BCUT2D eigenvalue weighted by atomic mass is 32.1. The van der Waals surface area contributed by atoms with E-state index in [4.69, 9.17) is 0 Å². The summed E-state index contributed by atoms with van der Waals surface area (Å²) in [6.07, 6.45) is 1.19. The first kappa shape index (κ1) is 6.61. The summed E-state index contributed by atoms with van der Waals surface area (Å²) in [5.41, 5.74) is 1.40. The Balaban J connectivity index is 2.90. The Bertz CT molecular complexity index is 177. The van der Waals surface area contributed by atoms with Crippen molar-refractivity contribution in [2.45, 2.75) is 12.8 Å². The summed E-state index contributed by atoms with van der Waals surface area (Å²) in [4.78, 5) is 3.54. The number of thiazole rings is 1. The summed E-state index contributed by atoms with van der Waals surface area (Å²) in [6.45, 7) is 0.862. The number of hydrogen-bond acceptors (Lipinski definition) is 2. The van der Waals surface area contributed by atoms with Gasteiger partial charge in [-0.2, -0.15) is 0 Å². The minimum Gasteiger partial charge on any atom is -0.253 e. The smallest absolute Gasteiger partial charge is 0.253 e. The second kappa shape index (κ2) is 2.02. The van der Waals surface area contributed by atoms with Crippen LogP contribution >= 0.6 is 11.3 Å². The Morgan fingerprint density at radius 3 is 2.56 bits per heavy atom. The maximum atomic E-state index is 12.3. The number of hydrogen-bond donors (Lipinski definition) is 0. The van der Waals surface area contributed by atoms with Crippen LogP contribution < -0.4 is 0 Å². The number of halogens is 2. The Labute approximate surface area is 55.4 Å². The van der Waals surface area contributed by atoms with E-state index in [1.165, 1.54) is 11.7 Å². The van der Waals surface area contributed by atoms with Gasteiger partial charge in [0.1, 0.15) is 0 Å². The third-order valence-corrected chi connectivity index (χ3v) is 1.81. The molecule has 0 bridgehead atoms. The van der Waals surface area contributed by atoms with Gasteiger partial charge in [-0.15, -0.1) is 11.3 Å². The first-order valence-electron chi connectivity index (χ1n) is 2.37. The first-order chi connectivity index (χ1) is 4.11. The van der Waals surface area contributed by atoms with Crippen molar-refractivity contribution in [2.75, 3.05) is 0 Å². The molecule has 0 unspecified atom stereocenters. The number of alkyl halides is 2. The molecule has 50 valence electrons. The molecule has 0 spiro atoms. The molecule has 0 fully saturated rings. The molecule has 0 radical (unpaired) electrons. The van der Waals surface area contributed by atoms with Crippen molar-refractivity contribution in [3.63, 3.8) is 0 Å². The minimum atomic E-state index is -2.72. The third-order valence-electron chi connectivity index (χ3n) is 0.865. The molecular weight excluding hydrogens is 144 g/mol. The van der Waals surface area contributed by atoms with E-state index in [9.17, 15) is 8.78 Å². The number of rotatable bonds is 1. The molecule has 0 aliphatic rings. The van der Waals surface area contributed by atoms with E-state index >= 15 is 0 Å². The van der Waals surface area contributed by atoms with Crippen molar-refractivity contribution in [3.8, 4) is 0 Å². The topological polar surface area (TPSA) is 12.9 Å². The molecule has 9 heavy (non-hydrogen) atoms. The van der Waals surface area contributed by atoms with Gasteiger partial charge in [0, 0.05) is 13.1 Å². The average Bonchev–Trinajstić information content (AvgIpc) is 2.08. The molecule has 1 heterocycles. The highest BCUT2D eigenvalue weighted by molar-refractivity contribution is 7.09. The third kappa shape index (κ3) is 1.45. The predicted molar refractivity (Wildman–Crippen MR) is 31.7 cm³/mol. The Morgan fingerprint density at radius 1 is 1.67 bits per heavy atom. The number of nitrogens with zero attached hydrogens (tertiary/aromatic N) is 1. The van der Waals surface area contributed by atoms with Crippen LogP contribution in [-0.2, 0) is 5.92 Å². The SMILES string of the molecule is CC(F)(F)c1cncs1. The van der Waals surface area contributed by atoms with Gasteiger partial charge in [-0.1, -0.05) is 0 Å². The summed E-state index contributed by atoms with van der Waals surface area (Å²) in [5, 5.41) is 0. The Hall–Kier alpha value is -0.510. The molecular formula is C5H5F2NS. The van der Waals surface area contributed by atoms with E-state index in [-0.39, 0.29) is 4.88 Å². The first-order valence-corrected chi connectivity index (χ1v) is 3.25. The predicted octanol–water partition coefficient (Wildman–Crippen LogP) is 2.25. The van der Waals surface area contributed by atoms with Crippen molar-refractivity contribution in [2.24, 2.45) is 0 Å². The summed E-state index contributed by atoms with van der Waals surface area (Å²) in [6, 6.07) is 0. The Kier molecular flexibility index (Phi) is 1.48. The largest absolute Gasteiger partial charge is 0.281 e. The number of aromatic nitrogens is 1. The van der Waals surface area contributed by atoms with Crippen molar-refractivity contribution in [1.82, 2.24) is 4.98 Å². The zero-order chi connectivity index (χ0) is 6.91. The van der Waals surface area contributed by atoms with Gasteiger partial charge in [0.05, 0.1) is 10.4 Å². The van der Waals surface area contributed by atoms with E-state index in [0.29, 0.717) is 0 Å². The molecule has 0 atom stereocenters. The Morgan fingerprint density at radius 2 is 2.33 bits per heavy atom. The molecule has 0 aliphatic carbocycles. The molecule has 0 aliphatic heterocycles. The van der Waals surface area contributed by atoms with Gasteiger partial charge in [0.15, 0.2) is 0 Å². The standard InChI is InChI=1S/C5H5F2NS/c1-5(6,7)4-2-8-3-9-4/h2-3H,1H3. The average molecular weight is 149 g/mol. The van der Waals surface area contributed by atoms with Crippen molar-refractivity contribution < 1.29 is 8.78 Å². The quantitative estimate of drug-likeness (QED) is 0.596. The zero-order valence-electron chi connectivity index (χ0n) is 4.77. The lowest BCUT2D eigenvalue weighted by Gasteiger charge is -2.03. The van der Waals surface area contributed by atoms with Crippen LogP contribution in [0.5, 0.6) is 0 Å². The maximum Gasteiger partial charge on any atom is 0.281 e. The fourth-order valence-electron chi connectivity index (χ4n) is 0.433. The van der Waals surface area contributed by atoms with E-state index in [0.717, 1.165) is 18.3 Å². The highest BCUT2D eigenvalue weighted by Gasteiger charge is 2.25. The fourth-order valence-corrected chi connectivity index (χ4v) is 0.997. The molecule has 1 aromatic rings. The van der Waals surface area contributed by atoms with Crippen molar-refractivity contribution in [1.29, 1.82) is 0 Å². The normalized spacial score (nSPS) is 11.9. The van der Waals surface area contributed by atoms with Gasteiger partial charge in [-0.05, 0) is 0 Å². The lowest BCUT2D eigenvalue weighted by Crippen LogP contribution is -2.02. The zero-order valence-corrected chi connectivity index (χ0v) is 5.58. The molecule has 0 N–H and O–H groups in total. The van der Waals surface area contributed by atoms with Crippen molar-refractivity contribution in [3.05, 3.63) is 16.6 Å². The molecule has 1 aromatic heterocycles. The van der Waals surface area contributed by atoms with Crippen LogP contribution in [0.25, 0.3) is 0 Å². The van der Waals surface area contributed by atoms with Crippen LogP contribution in [0.3, 0.4) is 0 Å². The van der Waals surface area contributed by atoms with Gasteiger partial charge in [-0.3, -0.25) is 4.98 Å². The van der Waals surface area contributed by atoms with Gasteiger partial charge in [0.25, 0.3) is 5.92 Å². The minimum absolute atomic E-state index is 0.0162. The van der Waals surface area contributed by atoms with E-state index in [1.54, 1.807) is 0 Å². The van der Waals surface area contributed by atoms with Crippen LogP contribution in [0.4, 0.5) is 8.78 Å². The van der Waals surface area contributed by atoms with Crippen molar-refractivity contribution >= 4 is 11.3 Å². The van der Waals surface area contributed by atoms with Crippen LogP contribution in [0.2, 0.25) is 0 Å². The molecule has 0 amide bonds. The van der Waals surface area contributed by atoms with Crippen LogP contribution in [0.15, 0.2) is 11.7 Å². The van der Waals surface area contributed by atoms with Gasteiger partial charge >= 0.3 is 0 Å². The fraction of sp³-hybridized carbons (Fsp3) is 0.400. The summed E-state index contributed by atoms with van der Waals surface area (Å²) in [7, 11) is 0. The molecule has 1 nitrogen and oxygen atoms in total. The van der Waals surface area contributed by atoms with Crippen LogP contribution in [-0.4, -0.2) is 4.98 Å². The summed E-state index contributed by atoms with van der Waals surface area (Å²) >= 11 is 0.969.